The van der Waals surface area contributed by atoms with Crippen LogP contribution in [-0.2, 0) is 25.5 Å². The number of hydrogen-bond donors (Lipinski definition) is 0. The van der Waals surface area contributed by atoms with E-state index in [1.54, 1.807) is 0 Å². The second kappa shape index (κ2) is 11.3. The first-order valence-electron chi connectivity index (χ1n) is 12.6. The van der Waals surface area contributed by atoms with Crippen LogP contribution in [0.15, 0.2) is 48.0 Å². The van der Waals surface area contributed by atoms with E-state index in [0.717, 1.165) is 63.4 Å². The van der Waals surface area contributed by atoms with Crippen molar-refractivity contribution in [2.45, 2.75) is 75.6 Å². The summed E-state index contributed by atoms with van der Waals surface area (Å²) in [6.45, 7) is -0.345. The van der Waals surface area contributed by atoms with E-state index < -0.39 is 15.6 Å². The molecule has 2 fully saturated rings. The quantitative estimate of drug-likeness (QED) is 0.209. The number of fused-ring (bicyclic) bond motifs is 3. The highest BCUT2D eigenvalue weighted by Gasteiger charge is 2.47. The Morgan fingerprint density at radius 3 is 2.31 bits per heavy atom. The van der Waals surface area contributed by atoms with E-state index in [9.17, 15) is 26.4 Å². The highest BCUT2D eigenvalue weighted by molar-refractivity contribution is 7.87. The minimum absolute atomic E-state index is 0.0594. The maximum Gasteiger partial charge on any atom is 0.523 e. The van der Waals surface area contributed by atoms with Gasteiger partial charge in [0.25, 0.3) is 0 Å². The molecule has 0 bridgehead atoms. The van der Waals surface area contributed by atoms with Crippen molar-refractivity contribution in [3.05, 3.63) is 64.7 Å². The molecule has 8 heteroatoms. The van der Waals surface area contributed by atoms with Gasteiger partial charge in [-0.2, -0.15) is 21.6 Å². The van der Waals surface area contributed by atoms with Crippen molar-refractivity contribution >= 4 is 16.1 Å². The third kappa shape index (κ3) is 5.93. The number of allylic oxidation sites excluding steroid dienone is 1. The van der Waals surface area contributed by atoms with Crippen LogP contribution in [0.1, 0.15) is 80.4 Å². The molecule has 4 nitrogen and oxygen atoms in total. The molecule has 1 unspecified atom stereocenters. The molecule has 1 atom stereocenters. The Bertz CT molecular complexity index is 1220. The van der Waals surface area contributed by atoms with Crippen molar-refractivity contribution in [2.24, 2.45) is 5.92 Å². The summed E-state index contributed by atoms with van der Waals surface area (Å²) in [7, 11) is -5.40. The van der Waals surface area contributed by atoms with Crippen LogP contribution in [0.4, 0.5) is 13.2 Å². The van der Waals surface area contributed by atoms with Gasteiger partial charge < -0.3 is 0 Å². The lowest BCUT2D eigenvalue weighted by Gasteiger charge is -2.25. The van der Waals surface area contributed by atoms with E-state index >= 15 is 0 Å². The summed E-state index contributed by atoms with van der Waals surface area (Å²) in [4.78, 5) is 11.3. The number of halogens is 3. The second-order valence-corrected chi connectivity index (χ2v) is 11.4. The zero-order valence-electron chi connectivity index (χ0n) is 20.1. The summed E-state index contributed by atoms with van der Waals surface area (Å²) in [6, 6.07) is 15.2. The van der Waals surface area contributed by atoms with Gasteiger partial charge in [-0.1, -0.05) is 68.1 Å². The highest BCUT2D eigenvalue weighted by atomic mass is 32.2. The van der Waals surface area contributed by atoms with Crippen LogP contribution in [0.5, 0.6) is 0 Å². The predicted octanol–water partition coefficient (Wildman–Crippen LogP) is 7.11. The Morgan fingerprint density at radius 2 is 1.58 bits per heavy atom. The van der Waals surface area contributed by atoms with Gasteiger partial charge in [-0.15, -0.1) is 0 Å². The monoisotopic (exact) mass is 520 g/mol. The molecule has 0 heterocycles. The lowest BCUT2D eigenvalue weighted by Crippen LogP contribution is -2.28. The summed E-state index contributed by atoms with van der Waals surface area (Å²) in [5, 5.41) is 0. The highest BCUT2D eigenvalue weighted by Crippen LogP contribution is 2.44. The lowest BCUT2D eigenvalue weighted by atomic mass is 9.78. The molecule has 3 aliphatic carbocycles. The summed E-state index contributed by atoms with van der Waals surface area (Å²) in [5.41, 5.74) is 2.60. The molecule has 0 radical (unpaired) electrons. The minimum Gasteiger partial charge on any atom is -0.263 e. The minimum atomic E-state index is -5.40. The van der Waals surface area contributed by atoms with Gasteiger partial charge in [0.1, 0.15) is 5.94 Å². The Morgan fingerprint density at radius 1 is 0.889 bits per heavy atom. The molecule has 5 rings (SSSR count). The summed E-state index contributed by atoms with van der Waals surface area (Å²) in [5.74, 6) is 2.46. The van der Waals surface area contributed by atoms with Crippen LogP contribution in [0.25, 0.3) is 11.1 Å². The predicted molar refractivity (Wildman–Crippen MR) is 133 cm³/mol. The molecule has 0 N–H and O–H groups in total. The number of benzene rings is 2. The zero-order valence-corrected chi connectivity index (χ0v) is 21.0. The summed E-state index contributed by atoms with van der Waals surface area (Å²) < 4.78 is 60.7. The van der Waals surface area contributed by atoms with Gasteiger partial charge in [-0.25, -0.2) is 4.79 Å². The van der Waals surface area contributed by atoms with Gasteiger partial charge in [0.05, 0.1) is 6.61 Å². The van der Waals surface area contributed by atoms with Gasteiger partial charge in [0.15, 0.2) is 0 Å². The van der Waals surface area contributed by atoms with E-state index in [2.05, 4.69) is 52.6 Å². The Hall–Kier alpha value is -2.41. The molecule has 36 heavy (non-hydrogen) atoms. The normalized spacial score (nSPS) is 20.1. The molecule has 2 aromatic rings. The van der Waals surface area contributed by atoms with Gasteiger partial charge in [0, 0.05) is 11.5 Å². The SMILES string of the molecule is O=C=C1CCCCC1c1cccc2c1Cc1ccccc1-2.O=S(=O)(OCC1CCCCC1)C(F)(F)F. The van der Waals surface area contributed by atoms with Gasteiger partial charge in [-0.3, -0.25) is 4.18 Å². The van der Waals surface area contributed by atoms with Crippen molar-refractivity contribution in [2.75, 3.05) is 6.61 Å². The van der Waals surface area contributed by atoms with E-state index in [1.807, 2.05) is 0 Å². The fourth-order valence-electron chi connectivity index (χ4n) is 5.59. The Balaban J connectivity index is 0.000000181. The molecule has 194 valence electrons. The average Bonchev–Trinajstić information content (AvgIpc) is 3.27. The average molecular weight is 521 g/mol. The first-order valence-corrected chi connectivity index (χ1v) is 14.0. The zero-order chi connectivity index (χ0) is 25.8. The second-order valence-electron chi connectivity index (χ2n) is 9.82. The number of carbonyl (C=O) groups excluding carboxylic acids is 1. The maximum atomic E-state index is 11.9. The summed E-state index contributed by atoms with van der Waals surface area (Å²) >= 11 is 0. The number of rotatable bonds is 4. The third-order valence-electron chi connectivity index (χ3n) is 7.47. The molecule has 0 spiro atoms. The van der Waals surface area contributed by atoms with Crippen molar-refractivity contribution in [1.82, 2.24) is 0 Å². The summed E-state index contributed by atoms with van der Waals surface area (Å²) in [6.07, 6.45) is 9.78. The molecule has 2 saturated carbocycles. The van der Waals surface area contributed by atoms with Crippen molar-refractivity contribution in [3.63, 3.8) is 0 Å². The largest absolute Gasteiger partial charge is 0.523 e. The van der Waals surface area contributed by atoms with E-state index in [1.165, 1.54) is 34.2 Å². The molecule has 0 saturated heterocycles. The van der Waals surface area contributed by atoms with Crippen LogP contribution >= 0.6 is 0 Å². The van der Waals surface area contributed by atoms with Crippen molar-refractivity contribution in [1.29, 1.82) is 0 Å². The van der Waals surface area contributed by atoms with E-state index in [4.69, 9.17) is 0 Å². The topological polar surface area (TPSA) is 60.4 Å². The fraction of sp³-hybridized carbons (Fsp3) is 0.500. The van der Waals surface area contributed by atoms with Crippen LogP contribution in [0, 0.1) is 5.92 Å². The first-order chi connectivity index (χ1) is 17.2. The van der Waals surface area contributed by atoms with Gasteiger partial charge >= 0.3 is 15.6 Å². The standard InChI is InChI=1S/C20H18O.C8H13F3O3S/c21-13-15-7-2-4-9-17(15)19-11-5-10-18-16-8-3-1-6-14(16)12-20(18)19;9-8(10,11)15(12,13)14-6-7-4-2-1-3-5-7/h1,3,5-6,8,10-11,17H,2,4,7,9,12H2;7H,1-6H2. The first kappa shape index (κ1) is 26.6. The maximum absolute atomic E-state index is 11.9. The molecule has 2 aromatic carbocycles. The van der Waals surface area contributed by atoms with Gasteiger partial charge in [-0.05, 0) is 72.3 Å². The molecule has 0 amide bonds. The van der Waals surface area contributed by atoms with E-state index in [0.29, 0.717) is 5.92 Å². The number of alkyl halides is 3. The smallest absolute Gasteiger partial charge is 0.263 e. The van der Waals surface area contributed by atoms with Crippen molar-refractivity contribution < 1.29 is 30.6 Å². The molecule has 0 aromatic heterocycles. The van der Waals surface area contributed by atoms with Crippen LogP contribution in [-0.4, -0.2) is 26.5 Å². The Labute approximate surface area is 210 Å². The molecular weight excluding hydrogens is 489 g/mol. The number of hydrogen-bond acceptors (Lipinski definition) is 4. The fourth-order valence-corrected chi connectivity index (χ4v) is 6.10. The third-order valence-corrected chi connectivity index (χ3v) is 8.48. The molecular formula is C28H31F3O4S. The van der Waals surface area contributed by atoms with E-state index in [-0.39, 0.29) is 12.5 Å². The van der Waals surface area contributed by atoms with Crippen LogP contribution < -0.4 is 0 Å². The van der Waals surface area contributed by atoms with Gasteiger partial charge in [0.2, 0.25) is 0 Å². The lowest BCUT2D eigenvalue weighted by molar-refractivity contribution is -0.0553. The van der Waals surface area contributed by atoms with Crippen LogP contribution in [0.2, 0.25) is 0 Å². The van der Waals surface area contributed by atoms with Crippen LogP contribution in [0.3, 0.4) is 0 Å². The molecule has 3 aliphatic rings. The molecule has 0 aliphatic heterocycles. The van der Waals surface area contributed by atoms with Crippen molar-refractivity contribution in [3.8, 4) is 11.1 Å². The Kier molecular flexibility index (Phi) is 8.38.